The Morgan fingerprint density at radius 1 is 1.07 bits per heavy atom. The number of aliphatic carboxylic acids is 1. The van der Waals surface area contributed by atoms with E-state index < -0.39 is 47.7 Å². The molecule has 41 heavy (non-hydrogen) atoms. The van der Waals surface area contributed by atoms with Crippen LogP contribution in [0.2, 0.25) is 5.02 Å². The number of amides is 3. The van der Waals surface area contributed by atoms with Crippen molar-refractivity contribution in [1.29, 1.82) is 0 Å². The van der Waals surface area contributed by atoms with Gasteiger partial charge in [0.05, 0.1) is 30.1 Å². The first-order valence-electron chi connectivity index (χ1n) is 14.2. The lowest BCUT2D eigenvalue weighted by atomic mass is 9.83. The molecule has 0 bridgehead atoms. The Morgan fingerprint density at radius 3 is 2.39 bits per heavy atom. The number of nitrogens with one attached hydrogen (secondary N) is 3. The largest absolute Gasteiger partial charge is 0.490 e. The highest BCUT2D eigenvalue weighted by Gasteiger charge is 2.30. The van der Waals surface area contributed by atoms with Gasteiger partial charge in [0.15, 0.2) is 0 Å². The molecule has 0 saturated heterocycles. The van der Waals surface area contributed by atoms with Crippen LogP contribution in [0.15, 0.2) is 24.3 Å². The smallest absolute Gasteiger partial charge is 0.407 e. The number of hydrogen-bond donors (Lipinski definition) is 5. The third-order valence-electron chi connectivity index (χ3n) is 6.67. The second-order valence-corrected chi connectivity index (χ2v) is 11.8. The van der Waals surface area contributed by atoms with Crippen LogP contribution in [0.3, 0.4) is 0 Å². The van der Waals surface area contributed by atoms with E-state index in [9.17, 15) is 24.3 Å². The van der Waals surface area contributed by atoms with E-state index in [0.717, 1.165) is 32.1 Å². The number of rotatable bonds is 15. The lowest BCUT2D eigenvalue weighted by molar-refractivity contribution is -0.138. The lowest BCUT2D eigenvalue weighted by Gasteiger charge is -2.31. The molecule has 12 heteroatoms. The molecule has 2 rings (SSSR count). The van der Waals surface area contributed by atoms with Crippen LogP contribution in [0, 0.1) is 5.92 Å². The summed E-state index contributed by atoms with van der Waals surface area (Å²) in [4.78, 5) is 49.3. The summed E-state index contributed by atoms with van der Waals surface area (Å²) >= 11 is 6.05. The van der Waals surface area contributed by atoms with E-state index in [0.29, 0.717) is 23.1 Å². The molecule has 5 N–H and O–H groups in total. The van der Waals surface area contributed by atoms with Crippen LogP contribution in [0.1, 0.15) is 78.6 Å². The number of carboxylic acids is 1. The van der Waals surface area contributed by atoms with Gasteiger partial charge in [-0.2, -0.15) is 0 Å². The first kappa shape index (κ1) is 34.2. The van der Waals surface area contributed by atoms with Gasteiger partial charge in [-0.25, -0.2) is 4.79 Å². The van der Waals surface area contributed by atoms with Crippen LogP contribution < -0.4 is 20.7 Å². The molecule has 3 atom stereocenters. The fraction of sp³-hybridized carbons (Fsp3) is 0.655. The summed E-state index contributed by atoms with van der Waals surface area (Å²) in [5.41, 5.74) is -0.731. The Kier molecular flexibility index (Phi) is 14.2. The Bertz CT molecular complexity index is 1010. The second kappa shape index (κ2) is 17.0. The van der Waals surface area contributed by atoms with Gasteiger partial charge < -0.3 is 35.6 Å². The number of halogens is 1. The summed E-state index contributed by atoms with van der Waals surface area (Å²) in [5, 5.41) is 28.4. The monoisotopic (exact) mass is 597 g/mol. The van der Waals surface area contributed by atoms with Gasteiger partial charge in [-0.05, 0) is 51.7 Å². The molecule has 1 aromatic carbocycles. The van der Waals surface area contributed by atoms with Gasteiger partial charge in [0.1, 0.15) is 24.0 Å². The number of alkyl carbamates (subject to hydrolysis) is 1. The van der Waals surface area contributed by atoms with Gasteiger partial charge in [-0.15, -0.1) is 0 Å². The van der Waals surface area contributed by atoms with Crippen LogP contribution in [0.5, 0.6) is 5.75 Å². The van der Waals surface area contributed by atoms with Crippen LogP contribution in [-0.4, -0.2) is 71.0 Å². The molecule has 1 fully saturated rings. The molecule has 0 unspecified atom stereocenters. The van der Waals surface area contributed by atoms with Gasteiger partial charge in [-0.1, -0.05) is 55.8 Å². The second-order valence-electron chi connectivity index (χ2n) is 11.4. The fourth-order valence-electron chi connectivity index (χ4n) is 4.70. The zero-order valence-electron chi connectivity index (χ0n) is 24.1. The van der Waals surface area contributed by atoms with Crippen molar-refractivity contribution in [3.05, 3.63) is 29.3 Å². The third-order valence-corrected chi connectivity index (χ3v) is 6.98. The van der Waals surface area contributed by atoms with Crippen molar-refractivity contribution in [2.24, 2.45) is 5.92 Å². The Morgan fingerprint density at radius 2 is 1.76 bits per heavy atom. The minimum Gasteiger partial charge on any atom is -0.490 e. The maximum atomic E-state index is 12.9. The molecular weight excluding hydrogens is 554 g/mol. The van der Waals surface area contributed by atoms with Gasteiger partial charge in [0.2, 0.25) is 11.8 Å². The van der Waals surface area contributed by atoms with Crippen molar-refractivity contribution in [3.8, 4) is 5.75 Å². The van der Waals surface area contributed by atoms with Gasteiger partial charge >= 0.3 is 12.1 Å². The normalized spacial score (nSPS) is 16.1. The molecule has 1 aromatic rings. The Balaban J connectivity index is 1.97. The molecule has 0 aliphatic heterocycles. The molecule has 0 radical (unpaired) electrons. The quantitative estimate of drug-likeness (QED) is 0.191. The predicted octanol–water partition coefficient (Wildman–Crippen LogP) is 3.80. The highest BCUT2D eigenvalue weighted by Crippen LogP contribution is 2.28. The standard InChI is InChI=1S/C29H44ClN3O8/c1-29(2,3)41-28(39)33-22(17-19-9-5-4-6-10-19)23(34)18-25(35)32-21(13-14-26(36)37)27(38)31-15-16-40-24-12-8-7-11-20(24)30/h7-8,11-12,19,21-23,34H,4-6,9-10,13-18H2,1-3H3,(H,31,38)(H,32,35)(H,33,39)(H,36,37)/t21-,22-,23-/m0/s1. The number of benzene rings is 1. The van der Waals surface area contributed by atoms with Crippen molar-refractivity contribution in [2.75, 3.05) is 13.2 Å². The molecule has 0 aromatic heterocycles. The summed E-state index contributed by atoms with van der Waals surface area (Å²) in [6.07, 6.45) is 2.93. The average molecular weight is 598 g/mol. The number of ether oxygens (including phenoxy) is 2. The number of carbonyl (C=O) groups is 4. The van der Waals surface area contributed by atoms with Crippen LogP contribution in [0.25, 0.3) is 0 Å². The van der Waals surface area contributed by atoms with E-state index in [1.54, 1.807) is 45.0 Å². The van der Waals surface area contributed by atoms with E-state index in [4.69, 9.17) is 26.2 Å². The van der Waals surface area contributed by atoms with Crippen molar-refractivity contribution >= 4 is 35.5 Å². The van der Waals surface area contributed by atoms with Crippen molar-refractivity contribution in [1.82, 2.24) is 16.0 Å². The Labute approximate surface area is 246 Å². The van der Waals surface area contributed by atoms with Gasteiger partial charge in [0.25, 0.3) is 0 Å². The minimum atomic E-state index is -1.24. The molecule has 0 heterocycles. The van der Waals surface area contributed by atoms with Crippen LogP contribution in [-0.2, 0) is 19.1 Å². The zero-order valence-corrected chi connectivity index (χ0v) is 24.9. The van der Waals surface area contributed by atoms with E-state index in [1.807, 2.05) is 0 Å². The summed E-state index contributed by atoms with van der Waals surface area (Å²) in [5.74, 6) is -1.59. The number of carboxylic acid groups (broad SMARTS) is 1. The van der Waals surface area contributed by atoms with Crippen molar-refractivity contribution in [3.63, 3.8) is 0 Å². The van der Waals surface area contributed by atoms with E-state index >= 15 is 0 Å². The number of aliphatic hydroxyl groups excluding tert-OH is 1. The number of para-hydroxylation sites is 1. The number of hydrogen-bond acceptors (Lipinski definition) is 7. The zero-order chi connectivity index (χ0) is 30.4. The minimum absolute atomic E-state index is 0.0927. The topological polar surface area (TPSA) is 163 Å². The lowest BCUT2D eigenvalue weighted by Crippen LogP contribution is -2.51. The average Bonchev–Trinajstić information content (AvgIpc) is 2.88. The van der Waals surface area contributed by atoms with Crippen LogP contribution in [0.4, 0.5) is 4.79 Å². The maximum Gasteiger partial charge on any atom is 0.407 e. The fourth-order valence-corrected chi connectivity index (χ4v) is 4.89. The predicted molar refractivity (Wildman–Crippen MR) is 154 cm³/mol. The van der Waals surface area contributed by atoms with Crippen molar-refractivity contribution in [2.45, 2.75) is 102 Å². The van der Waals surface area contributed by atoms with E-state index in [1.165, 1.54) is 0 Å². The summed E-state index contributed by atoms with van der Waals surface area (Å²) in [6, 6.07) is 5.01. The molecule has 230 valence electrons. The van der Waals surface area contributed by atoms with Gasteiger partial charge in [0, 0.05) is 6.42 Å². The summed E-state index contributed by atoms with van der Waals surface area (Å²) in [7, 11) is 0. The number of carbonyl (C=O) groups excluding carboxylic acids is 3. The SMILES string of the molecule is CC(C)(C)OC(=O)N[C@@H](CC1CCCCC1)[C@@H](O)CC(=O)N[C@@H](CCC(=O)O)C(=O)NCCOc1ccccc1Cl. The van der Waals surface area contributed by atoms with E-state index in [2.05, 4.69) is 16.0 Å². The molecule has 1 aliphatic carbocycles. The Hall–Kier alpha value is -3.05. The summed E-state index contributed by atoms with van der Waals surface area (Å²) < 4.78 is 10.9. The first-order chi connectivity index (χ1) is 19.3. The van der Waals surface area contributed by atoms with Crippen molar-refractivity contribution < 1.29 is 38.9 Å². The van der Waals surface area contributed by atoms with E-state index in [-0.39, 0.29) is 32.4 Å². The molecule has 1 saturated carbocycles. The highest BCUT2D eigenvalue weighted by atomic mass is 35.5. The molecule has 3 amide bonds. The molecular formula is C29H44ClN3O8. The van der Waals surface area contributed by atoms with Gasteiger partial charge in [-0.3, -0.25) is 14.4 Å². The maximum absolute atomic E-state index is 12.9. The number of aliphatic hydroxyl groups is 1. The highest BCUT2D eigenvalue weighted by molar-refractivity contribution is 6.32. The molecule has 1 aliphatic rings. The first-order valence-corrected chi connectivity index (χ1v) is 14.6. The molecule has 11 nitrogen and oxygen atoms in total. The molecule has 0 spiro atoms. The third kappa shape index (κ3) is 13.9. The van der Waals surface area contributed by atoms with Crippen LogP contribution >= 0.6 is 11.6 Å². The summed E-state index contributed by atoms with van der Waals surface area (Å²) in [6.45, 7) is 5.40.